The lowest BCUT2D eigenvalue weighted by molar-refractivity contribution is 0.0773. The summed E-state index contributed by atoms with van der Waals surface area (Å²) < 4.78 is 3.62. The molecule has 1 aromatic heterocycles. The van der Waals surface area contributed by atoms with E-state index in [1.807, 2.05) is 0 Å². The highest BCUT2D eigenvalue weighted by atomic mass is 32.1. The van der Waals surface area contributed by atoms with Crippen LogP contribution in [0, 0.1) is 0 Å². The van der Waals surface area contributed by atoms with Crippen LogP contribution in [0.5, 0.6) is 0 Å². The molecule has 1 heterocycles. The number of rotatable bonds is 4. The third kappa shape index (κ3) is 3.04. The Kier molecular flexibility index (Phi) is 3.97. The molecule has 1 unspecified atom stereocenters. The van der Waals surface area contributed by atoms with Gasteiger partial charge in [0.2, 0.25) is 0 Å². The molecule has 0 spiro atoms. The predicted molar refractivity (Wildman–Crippen MR) is 53.2 cm³/mol. The molecule has 6 heteroatoms. The predicted octanol–water partition coefficient (Wildman–Crippen LogP) is 0.381. The van der Waals surface area contributed by atoms with Crippen molar-refractivity contribution in [1.29, 1.82) is 0 Å². The molecular weight excluding hydrogens is 202 g/mol. The van der Waals surface area contributed by atoms with E-state index in [-0.39, 0.29) is 12.0 Å². The number of aliphatic hydroxyl groups excluding tert-OH is 1. The van der Waals surface area contributed by atoms with Gasteiger partial charge in [-0.2, -0.15) is 0 Å². The van der Waals surface area contributed by atoms with Gasteiger partial charge in [0.15, 0.2) is 0 Å². The van der Waals surface area contributed by atoms with Crippen molar-refractivity contribution < 1.29 is 9.90 Å². The van der Waals surface area contributed by atoms with Crippen molar-refractivity contribution in [2.24, 2.45) is 0 Å². The molecule has 78 valence electrons. The average Bonchev–Trinajstić information content (AvgIpc) is 2.65. The summed E-state index contributed by atoms with van der Waals surface area (Å²) in [5.41, 5.74) is 0. The molecule has 1 rings (SSSR count). The number of hydrogen-bond donors (Lipinski definition) is 1. The van der Waals surface area contributed by atoms with Crippen molar-refractivity contribution in [2.75, 3.05) is 13.6 Å². The molecule has 0 aromatic carbocycles. The first-order chi connectivity index (χ1) is 6.61. The molecule has 0 saturated carbocycles. The summed E-state index contributed by atoms with van der Waals surface area (Å²) in [7, 11) is 1.70. The van der Waals surface area contributed by atoms with Crippen LogP contribution < -0.4 is 0 Å². The van der Waals surface area contributed by atoms with E-state index < -0.39 is 0 Å². The van der Waals surface area contributed by atoms with Gasteiger partial charge in [-0.05, 0) is 24.9 Å². The zero-order valence-electron chi connectivity index (χ0n) is 8.17. The molecule has 0 fully saturated rings. The van der Waals surface area contributed by atoms with Gasteiger partial charge >= 0.3 is 0 Å². The Labute approximate surface area is 86.5 Å². The van der Waals surface area contributed by atoms with E-state index in [2.05, 4.69) is 9.59 Å². The number of amides is 1. The summed E-state index contributed by atoms with van der Waals surface area (Å²) in [5, 5.41) is 12.6. The molecule has 0 aliphatic heterocycles. The van der Waals surface area contributed by atoms with E-state index in [0.717, 1.165) is 11.5 Å². The van der Waals surface area contributed by atoms with Gasteiger partial charge in [0.25, 0.3) is 5.91 Å². The minimum absolute atomic E-state index is 0.0966. The summed E-state index contributed by atoms with van der Waals surface area (Å²) in [5.74, 6) is -0.0966. The first-order valence-corrected chi connectivity index (χ1v) is 5.09. The fourth-order valence-electron chi connectivity index (χ4n) is 0.932. The smallest absolute Gasteiger partial charge is 0.266 e. The van der Waals surface area contributed by atoms with Gasteiger partial charge in [-0.15, -0.1) is 5.10 Å². The van der Waals surface area contributed by atoms with Gasteiger partial charge in [-0.1, -0.05) is 4.49 Å². The van der Waals surface area contributed by atoms with Crippen molar-refractivity contribution in [3.8, 4) is 0 Å². The monoisotopic (exact) mass is 215 g/mol. The maximum absolute atomic E-state index is 11.6. The summed E-state index contributed by atoms with van der Waals surface area (Å²) in [4.78, 5) is 13.7. The third-order valence-electron chi connectivity index (χ3n) is 1.80. The second kappa shape index (κ2) is 5.02. The van der Waals surface area contributed by atoms with Crippen molar-refractivity contribution in [2.45, 2.75) is 19.4 Å². The van der Waals surface area contributed by atoms with Crippen LogP contribution in [0.4, 0.5) is 0 Å². The first kappa shape index (κ1) is 11.1. The number of nitrogens with zero attached hydrogens (tertiary/aromatic N) is 3. The molecule has 1 amide bonds. The Hall–Kier alpha value is -1.01. The van der Waals surface area contributed by atoms with Crippen LogP contribution in [-0.4, -0.2) is 45.2 Å². The van der Waals surface area contributed by atoms with E-state index in [1.54, 1.807) is 18.9 Å². The molecule has 0 aliphatic rings. The van der Waals surface area contributed by atoms with Crippen molar-refractivity contribution >= 4 is 17.4 Å². The lowest BCUT2D eigenvalue weighted by Gasteiger charge is -2.16. The Morgan fingerprint density at radius 3 is 3.00 bits per heavy atom. The molecule has 14 heavy (non-hydrogen) atoms. The Bertz CT molecular complexity index is 287. The maximum Gasteiger partial charge on any atom is 0.266 e. The lowest BCUT2D eigenvalue weighted by atomic mass is 10.3. The van der Waals surface area contributed by atoms with E-state index in [0.29, 0.717) is 17.8 Å². The van der Waals surface area contributed by atoms with E-state index in [4.69, 9.17) is 5.11 Å². The van der Waals surface area contributed by atoms with Gasteiger partial charge in [0.1, 0.15) is 4.88 Å². The highest BCUT2D eigenvalue weighted by Gasteiger charge is 2.13. The van der Waals surface area contributed by atoms with Crippen LogP contribution in [0.2, 0.25) is 0 Å². The van der Waals surface area contributed by atoms with Gasteiger partial charge in [-0.3, -0.25) is 4.79 Å². The number of carbonyl (C=O) groups excluding carboxylic acids is 1. The summed E-state index contributed by atoms with van der Waals surface area (Å²) in [6.45, 7) is 2.24. The van der Waals surface area contributed by atoms with Crippen molar-refractivity contribution in [1.82, 2.24) is 14.5 Å². The van der Waals surface area contributed by atoms with E-state index in [1.165, 1.54) is 6.20 Å². The van der Waals surface area contributed by atoms with Gasteiger partial charge in [-0.25, -0.2) is 0 Å². The zero-order chi connectivity index (χ0) is 10.6. The summed E-state index contributed by atoms with van der Waals surface area (Å²) >= 11 is 1.08. The fraction of sp³-hybridized carbons (Fsp3) is 0.625. The quantitative estimate of drug-likeness (QED) is 0.788. The first-order valence-electron chi connectivity index (χ1n) is 4.32. The standard InChI is InChI=1S/C8H13N3O2S/c1-6(12)3-4-11(2)8(13)7-5-9-10-14-7/h5-6,12H,3-4H2,1-2H3. The SMILES string of the molecule is CC(O)CCN(C)C(=O)c1cnns1. The second-order valence-corrected chi connectivity index (χ2v) is 3.93. The highest BCUT2D eigenvalue weighted by Crippen LogP contribution is 2.06. The van der Waals surface area contributed by atoms with E-state index in [9.17, 15) is 4.79 Å². The minimum Gasteiger partial charge on any atom is -0.393 e. The number of aromatic nitrogens is 2. The largest absolute Gasteiger partial charge is 0.393 e. The van der Waals surface area contributed by atoms with E-state index >= 15 is 0 Å². The molecule has 0 saturated heterocycles. The average molecular weight is 215 g/mol. The van der Waals surface area contributed by atoms with Crippen LogP contribution in [0.1, 0.15) is 23.0 Å². The van der Waals surface area contributed by atoms with Crippen LogP contribution >= 0.6 is 11.5 Å². The number of carbonyl (C=O) groups is 1. The van der Waals surface area contributed by atoms with Crippen LogP contribution in [0.15, 0.2) is 6.20 Å². The lowest BCUT2D eigenvalue weighted by Crippen LogP contribution is -2.28. The van der Waals surface area contributed by atoms with Crippen molar-refractivity contribution in [3.05, 3.63) is 11.1 Å². The van der Waals surface area contributed by atoms with Crippen molar-refractivity contribution in [3.63, 3.8) is 0 Å². The highest BCUT2D eigenvalue weighted by molar-refractivity contribution is 7.07. The number of aliphatic hydroxyl groups is 1. The van der Waals surface area contributed by atoms with Gasteiger partial charge in [0, 0.05) is 13.6 Å². The molecule has 5 nitrogen and oxygen atoms in total. The molecular formula is C8H13N3O2S. The fourth-order valence-corrected chi connectivity index (χ4v) is 1.44. The Morgan fingerprint density at radius 1 is 1.79 bits per heavy atom. The van der Waals surface area contributed by atoms with Crippen LogP contribution in [0.25, 0.3) is 0 Å². The van der Waals surface area contributed by atoms with Gasteiger partial charge < -0.3 is 10.0 Å². The zero-order valence-corrected chi connectivity index (χ0v) is 8.99. The van der Waals surface area contributed by atoms with Gasteiger partial charge in [0.05, 0.1) is 12.3 Å². The van der Waals surface area contributed by atoms with Crippen LogP contribution in [0.3, 0.4) is 0 Å². The minimum atomic E-state index is -0.384. The Morgan fingerprint density at radius 2 is 2.50 bits per heavy atom. The molecule has 1 atom stereocenters. The Balaban J connectivity index is 2.45. The third-order valence-corrected chi connectivity index (χ3v) is 2.45. The molecule has 0 bridgehead atoms. The molecule has 1 N–H and O–H groups in total. The van der Waals surface area contributed by atoms with Crippen LogP contribution in [-0.2, 0) is 0 Å². The summed E-state index contributed by atoms with van der Waals surface area (Å²) in [6.07, 6.45) is 1.64. The second-order valence-electron chi connectivity index (χ2n) is 3.15. The molecule has 1 aromatic rings. The molecule has 0 radical (unpaired) electrons. The maximum atomic E-state index is 11.6. The topological polar surface area (TPSA) is 66.3 Å². The summed E-state index contributed by atoms with van der Waals surface area (Å²) in [6, 6.07) is 0. The molecule has 0 aliphatic carbocycles. The number of hydrogen-bond acceptors (Lipinski definition) is 5. The normalized spacial score (nSPS) is 12.5.